The molecule has 0 spiro atoms. The fourth-order valence-corrected chi connectivity index (χ4v) is 5.04. The van der Waals surface area contributed by atoms with Crippen molar-refractivity contribution in [2.24, 2.45) is 5.92 Å². The average Bonchev–Trinajstić information content (AvgIpc) is 3.09. The molecule has 1 aromatic carbocycles. The highest BCUT2D eigenvalue weighted by Crippen LogP contribution is 2.47. The molecule has 5 heteroatoms. The van der Waals surface area contributed by atoms with Gasteiger partial charge < -0.3 is 15.3 Å². The van der Waals surface area contributed by atoms with Crippen molar-refractivity contribution in [2.75, 3.05) is 6.54 Å². The Bertz CT molecular complexity index is 662. The van der Waals surface area contributed by atoms with Crippen molar-refractivity contribution in [2.45, 2.75) is 62.6 Å². The van der Waals surface area contributed by atoms with Crippen molar-refractivity contribution in [1.29, 1.82) is 0 Å². The fourth-order valence-electron chi connectivity index (χ4n) is 5.04. The van der Waals surface area contributed by atoms with E-state index >= 15 is 0 Å². The summed E-state index contributed by atoms with van der Waals surface area (Å²) in [6.07, 6.45) is 5.65. The molecule has 1 saturated carbocycles. The molecule has 2 aliphatic heterocycles. The number of nitrogens with zero attached hydrogens (tertiary/aromatic N) is 1. The van der Waals surface area contributed by atoms with E-state index in [-0.39, 0.29) is 29.8 Å². The quantitative estimate of drug-likeness (QED) is 0.863. The maximum atomic E-state index is 13.0. The predicted octanol–water partition coefficient (Wildman–Crippen LogP) is 1.94. The van der Waals surface area contributed by atoms with E-state index < -0.39 is 5.60 Å². The van der Waals surface area contributed by atoms with Gasteiger partial charge in [0.25, 0.3) is 0 Å². The highest BCUT2D eigenvalue weighted by atomic mass is 16.3. The fraction of sp³-hybridized carbons (Fsp3) is 0.600. The average molecular weight is 342 g/mol. The molecular weight excluding hydrogens is 316 g/mol. The van der Waals surface area contributed by atoms with E-state index in [0.717, 1.165) is 31.2 Å². The minimum Gasteiger partial charge on any atom is -0.385 e. The minimum absolute atomic E-state index is 0.0312. The van der Waals surface area contributed by atoms with Crippen LogP contribution in [0.5, 0.6) is 0 Å². The van der Waals surface area contributed by atoms with Crippen LogP contribution >= 0.6 is 0 Å². The summed E-state index contributed by atoms with van der Waals surface area (Å²) in [6.45, 7) is 0.553. The van der Waals surface area contributed by atoms with Crippen LogP contribution in [-0.4, -0.2) is 40.4 Å². The number of nitrogens with one attached hydrogen (secondary N) is 1. The van der Waals surface area contributed by atoms with E-state index in [0.29, 0.717) is 25.8 Å². The molecule has 0 radical (unpaired) electrons. The molecule has 4 atom stereocenters. The lowest BCUT2D eigenvalue weighted by molar-refractivity contribution is -0.156. The van der Waals surface area contributed by atoms with Crippen LogP contribution < -0.4 is 5.32 Å². The lowest BCUT2D eigenvalue weighted by Crippen LogP contribution is -2.61. The molecule has 0 bridgehead atoms. The standard InChI is InChI=1S/C20H26N2O3/c23-18-11-10-16(21-18)19(24)22-13-12-20(25,14-6-2-1-3-7-14)15-8-4-5-9-17(15)22/h1-3,6-7,15-17,25H,4-5,8-13H2,(H,21,23)/t15-,16?,17?,20-/m0/s1. The third kappa shape index (κ3) is 2.84. The summed E-state index contributed by atoms with van der Waals surface area (Å²) in [6, 6.07) is 9.59. The first-order valence-electron chi connectivity index (χ1n) is 9.47. The molecule has 4 rings (SSSR count). The van der Waals surface area contributed by atoms with E-state index in [4.69, 9.17) is 0 Å². The van der Waals surface area contributed by atoms with Gasteiger partial charge in [-0.25, -0.2) is 0 Å². The Hall–Kier alpha value is -1.88. The van der Waals surface area contributed by atoms with Crippen molar-refractivity contribution >= 4 is 11.8 Å². The van der Waals surface area contributed by atoms with Crippen molar-refractivity contribution in [3.8, 4) is 0 Å². The van der Waals surface area contributed by atoms with Gasteiger partial charge in [-0.1, -0.05) is 43.2 Å². The number of carbonyl (C=O) groups excluding carboxylic acids is 2. The summed E-state index contributed by atoms with van der Waals surface area (Å²) in [5.74, 6) is 0.0765. The van der Waals surface area contributed by atoms with Gasteiger partial charge in [-0.15, -0.1) is 0 Å². The number of rotatable bonds is 2. The van der Waals surface area contributed by atoms with Crippen LogP contribution in [0.1, 0.15) is 50.5 Å². The molecule has 2 unspecified atom stereocenters. The highest BCUT2D eigenvalue weighted by molar-refractivity contribution is 5.91. The van der Waals surface area contributed by atoms with Crippen LogP contribution in [-0.2, 0) is 15.2 Å². The second-order valence-corrected chi connectivity index (χ2v) is 7.69. The largest absolute Gasteiger partial charge is 0.385 e. The number of likely N-dealkylation sites (tertiary alicyclic amines) is 1. The van der Waals surface area contributed by atoms with Gasteiger partial charge in [0.1, 0.15) is 6.04 Å². The van der Waals surface area contributed by atoms with Crippen LogP contribution in [0.3, 0.4) is 0 Å². The second kappa shape index (κ2) is 6.45. The number of hydrogen-bond acceptors (Lipinski definition) is 3. The van der Waals surface area contributed by atoms with Crippen molar-refractivity contribution < 1.29 is 14.7 Å². The number of benzene rings is 1. The number of piperidine rings is 1. The third-order valence-corrected chi connectivity index (χ3v) is 6.33. The molecule has 5 nitrogen and oxygen atoms in total. The summed E-state index contributed by atoms with van der Waals surface area (Å²) < 4.78 is 0. The van der Waals surface area contributed by atoms with E-state index in [9.17, 15) is 14.7 Å². The Morgan fingerprint density at radius 1 is 1.16 bits per heavy atom. The summed E-state index contributed by atoms with van der Waals surface area (Å²) in [4.78, 5) is 26.4. The molecule has 1 aromatic rings. The monoisotopic (exact) mass is 342 g/mol. The van der Waals surface area contributed by atoms with Crippen LogP contribution in [0.15, 0.2) is 30.3 Å². The topological polar surface area (TPSA) is 69.6 Å². The van der Waals surface area contributed by atoms with E-state index in [1.807, 2.05) is 35.2 Å². The number of fused-ring (bicyclic) bond motifs is 1. The van der Waals surface area contributed by atoms with Crippen LogP contribution in [0.25, 0.3) is 0 Å². The highest BCUT2D eigenvalue weighted by Gasteiger charge is 2.51. The molecule has 0 aromatic heterocycles. The van der Waals surface area contributed by atoms with E-state index in [1.54, 1.807) is 0 Å². The van der Waals surface area contributed by atoms with E-state index in [1.165, 1.54) is 0 Å². The maximum Gasteiger partial charge on any atom is 0.245 e. The Balaban J connectivity index is 1.60. The summed E-state index contributed by atoms with van der Waals surface area (Å²) in [5, 5.41) is 14.3. The number of carbonyl (C=O) groups is 2. The van der Waals surface area contributed by atoms with Gasteiger partial charge in [0.2, 0.25) is 11.8 Å². The smallest absolute Gasteiger partial charge is 0.245 e. The first-order chi connectivity index (χ1) is 12.1. The predicted molar refractivity (Wildman–Crippen MR) is 93.6 cm³/mol. The van der Waals surface area contributed by atoms with Gasteiger partial charge >= 0.3 is 0 Å². The molecule has 2 heterocycles. The second-order valence-electron chi connectivity index (χ2n) is 7.69. The molecule has 3 fully saturated rings. The molecule has 2 saturated heterocycles. The molecule has 134 valence electrons. The number of amides is 2. The first kappa shape index (κ1) is 16.6. The third-order valence-electron chi connectivity index (χ3n) is 6.33. The van der Waals surface area contributed by atoms with E-state index in [2.05, 4.69) is 5.32 Å². The lowest BCUT2D eigenvalue weighted by atomic mass is 9.66. The molecule has 3 aliphatic rings. The minimum atomic E-state index is -0.859. The zero-order chi connectivity index (χ0) is 17.4. The summed E-state index contributed by atoms with van der Waals surface area (Å²) in [5.41, 5.74) is 0.107. The van der Waals surface area contributed by atoms with Crippen LogP contribution in [0.4, 0.5) is 0 Å². The summed E-state index contributed by atoms with van der Waals surface area (Å²) in [7, 11) is 0. The maximum absolute atomic E-state index is 13.0. The first-order valence-corrected chi connectivity index (χ1v) is 9.47. The van der Waals surface area contributed by atoms with Gasteiger partial charge in [0, 0.05) is 24.9 Å². The van der Waals surface area contributed by atoms with Gasteiger partial charge in [-0.3, -0.25) is 9.59 Å². The number of aliphatic hydroxyl groups is 1. The van der Waals surface area contributed by atoms with Gasteiger partial charge in [0.15, 0.2) is 0 Å². The van der Waals surface area contributed by atoms with Crippen LogP contribution in [0.2, 0.25) is 0 Å². The van der Waals surface area contributed by atoms with Gasteiger partial charge in [-0.2, -0.15) is 0 Å². The van der Waals surface area contributed by atoms with Crippen LogP contribution in [0, 0.1) is 5.92 Å². The molecule has 2 amide bonds. The zero-order valence-corrected chi connectivity index (χ0v) is 14.5. The summed E-state index contributed by atoms with van der Waals surface area (Å²) >= 11 is 0. The Morgan fingerprint density at radius 2 is 1.92 bits per heavy atom. The SMILES string of the molecule is O=C1CCC(C(=O)N2CC[C@](O)(c3ccccc3)[C@H]3CCCCC32)N1. The molecule has 1 aliphatic carbocycles. The zero-order valence-electron chi connectivity index (χ0n) is 14.5. The molecule has 25 heavy (non-hydrogen) atoms. The Kier molecular flexibility index (Phi) is 4.28. The molecular formula is C20H26N2O3. The Morgan fingerprint density at radius 3 is 2.64 bits per heavy atom. The number of hydrogen-bond donors (Lipinski definition) is 2. The van der Waals surface area contributed by atoms with Crippen molar-refractivity contribution in [3.63, 3.8) is 0 Å². The van der Waals surface area contributed by atoms with Crippen molar-refractivity contribution in [3.05, 3.63) is 35.9 Å². The molecule has 2 N–H and O–H groups in total. The lowest BCUT2D eigenvalue weighted by Gasteiger charge is -2.53. The normalized spacial score (nSPS) is 35.2. The van der Waals surface area contributed by atoms with Gasteiger partial charge in [-0.05, 0) is 31.2 Å². The van der Waals surface area contributed by atoms with Crippen molar-refractivity contribution in [1.82, 2.24) is 10.2 Å². The van der Waals surface area contributed by atoms with Gasteiger partial charge in [0.05, 0.1) is 5.60 Å². The Labute approximate surface area is 148 Å².